The van der Waals surface area contributed by atoms with E-state index in [-0.39, 0.29) is 5.82 Å². The highest BCUT2D eigenvalue weighted by Crippen LogP contribution is 2.29. The van der Waals surface area contributed by atoms with Gasteiger partial charge in [-0.25, -0.2) is 4.39 Å². The molecule has 0 spiro atoms. The molecule has 2 N–H and O–H groups in total. The fourth-order valence-corrected chi connectivity index (χ4v) is 2.92. The lowest BCUT2D eigenvalue weighted by atomic mass is 9.78. The zero-order valence-electron chi connectivity index (χ0n) is 11.4. The van der Waals surface area contributed by atoms with Crippen LogP contribution in [0.25, 0.3) is 0 Å². The summed E-state index contributed by atoms with van der Waals surface area (Å²) in [5.41, 5.74) is 0.815. The number of benzene rings is 1. The number of hydrogen-bond donors (Lipinski definition) is 2. The Morgan fingerprint density at radius 1 is 1.21 bits per heavy atom. The lowest BCUT2D eigenvalue weighted by Crippen LogP contribution is -2.45. The maximum Gasteiger partial charge on any atom is 0.171 e. The van der Waals surface area contributed by atoms with E-state index in [0.29, 0.717) is 17.1 Å². The molecule has 0 saturated heterocycles. The van der Waals surface area contributed by atoms with Crippen molar-refractivity contribution in [2.24, 2.45) is 11.8 Å². The van der Waals surface area contributed by atoms with Crippen LogP contribution in [0.1, 0.15) is 33.1 Å². The highest BCUT2D eigenvalue weighted by atomic mass is 32.1. The summed E-state index contributed by atoms with van der Waals surface area (Å²) in [6, 6.07) is 6.67. The first kappa shape index (κ1) is 14.3. The minimum atomic E-state index is -0.237. The number of thiocarbonyl (C=S) groups is 1. The molecule has 1 aliphatic rings. The van der Waals surface area contributed by atoms with E-state index >= 15 is 0 Å². The van der Waals surface area contributed by atoms with Crippen molar-refractivity contribution in [3.05, 3.63) is 30.1 Å². The predicted octanol–water partition coefficient (Wildman–Crippen LogP) is 3.94. The Balaban J connectivity index is 1.88. The first-order valence-electron chi connectivity index (χ1n) is 6.89. The number of rotatable bonds is 2. The van der Waals surface area contributed by atoms with Crippen LogP contribution in [0.2, 0.25) is 0 Å². The van der Waals surface area contributed by atoms with Gasteiger partial charge in [0.15, 0.2) is 5.11 Å². The Kier molecular flexibility index (Phi) is 4.75. The molecule has 1 aromatic rings. The first-order valence-corrected chi connectivity index (χ1v) is 7.30. The fourth-order valence-electron chi connectivity index (χ4n) is 2.65. The maximum absolute atomic E-state index is 12.8. The molecule has 2 nitrogen and oxygen atoms in total. The summed E-state index contributed by atoms with van der Waals surface area (Å²) in [4.78, 5) is 0. The molecule has 104 valence electrons. The molecular weight excluding hydrogens is 259 g/mol. The van der Waals surface area contributed by atoms with Gasteiger partial charge in [0.1, 0.15) is 5.82 Å². The maximum atomic E-state index is 12.8. The van der Waals surface area contributed by atoms with Crippen LogP contribution < -0.4 is 10.6 Å². The highest BCUT2D eigenvalue weighted by Gasteiger charge is 2.27. The molecule has 19 heavy (non-hydrogen) atoms. The van der Waals surface area contributed by atoms with Crippen LogP contribution in [0.15, 0.2) is 24.3 Å². The standard InChI is InChI=1S/C15H21FN2S/c1-10-4-3-5-14(11(10)2)18-15(19)17-13-8-6-12(16)7-9-13/h6-11,14H,3-5H2,1-2H3,(H2,17,18,19)/t10-,11+,14-/m0/s1. The Morgan fingerprint density at radius 3 is 2.58 bits per heavy atom. The summed E-state index contributed by atoms with van der Waals surface area (Å²) in [7, 11) is 0. The van der Waals surface area contributed by atoms with Crippen molar-refractivity contribution in [2.75, 3.05) is 5.32 Å². The Morgan fingerprint density at radius 2 is 1.89 bits per heavy atom. The van der Waals surface area contributed by atoms with Gasteiger partial charge in [0, 0.05) is 11.7 Å². The second-order valence-corrected chi connectivity index (χ2v) is 5.89. The van der Waals surface area contributed by atoms with Crippen molar-refractivity contribution < 1.29 is 4.39 Å². The molecule has 2 rings (SSSR count). The molecule has 0 bridgehead atoms. The third-order valence-electron chi connectivity index (χ3n) is 4.13. The second-order valence-electron chi connectivity index (χ2n) is 5.48. The minimum absolute atomic E-state index is 0.237. The SMILES string of the molecule is C[C@H]1[C@@H](NC(=S)Nc2ccc(F)cc2)CCC[C@@H]1C. The van der Waals surface area contributed by atoms with Crippen molar-refractivity contribution >= 4 is 23.0 Å². The third-order valence-corrected chi connectivity index (χ3v) is 4.35. The highest BCUT2D eigenvalue weighted by molar-refractivity contribution is 7.80. The van der Waals surface area contributed by atoms with E-state index < -0.39 is 0 Å². The van der Waals surface area contributed by atoms with Gasteiger partial charge in [-0.3, -0.25) is 0 Å². The van der Waals surface area contributed by atoms with Crippen LogP contribution in [0, 0.1) is 17.7 Å². The van der Waals surface area contributed by atoms with Gasteiger partial charge in [0.05, 0.1) is 0 Å². The van der Waals surface area contributed by atoms with E-state index in [1.807, 2.05) is 0 Å². The van der Waals surface area contributed by atoms with Gasteiger partial charge < -0.3 is 10.6 Å². The molecule has 0 unspecified atom stereocenters. The minimum Gasteiger partial charge on any atom is -0.359 e. The van der Waals surface area contributed by atoms with Gasteiger partial charge in [-0.05, 0) is 54.7 Å². The number of hydrogen-bond acceptors (Lipinski definition) is 1. The van der Waals surface area contributed by atoms with Crippen LogP contribution in [-0.4, -0.2) is 11.2 Å². The van der Waals surface area contributed by atoms with Gasteiger partial charge in [-0.15, -0.1) is 0 Å². The normalized spacial score (nSPS) is 26.8. The van der Waals surface area contributed by atoms with Crippen molar-refractivity contribution in [1.29, 1.82) is 0 Å². The van der Waals surface area contributed by atoms with E-state index in [9.17, 15) is 4.39 Å². The van der Waals surface area contributed by atoms with Gasteiger partial charge in [-0.1, -0.05) is 26.7 Å². The van der Waals surface area contributed by atoms with Gasteiger partial charge in [0.2, 0.25) is 0 Å². The lowest BCUT2D eigenvalue weighted by Gasteiger charge is -2.35. The largest absolute Gasteiger partial charge is 0.359 e. The van der Waals surface area contributed by atoms with Crippen LogP contribution in [0.4, 0.5) is 10.1 Å². The molecule has 1 saturated carbocycles. The predicted molar refractivity (Wildman–Crippen MR) is 81.7 cm³/mol. The molecule has 4 heteroatoms. The first-order chi connectivity index (χ1) is 9.06. The van der Waals surface area contributed by atoms with Crippen LogP contribution in [0.5, 0.6) is 0 Å². The fraction of sp³-hybridized carbons (Fsp3) is 0.533. The zero-order valence-corrected chi connectivity index (χ0v) is 12.3. The Hall–Kier alpha value is -1.16. The quantitative estimate of drug-likeness (QED) is 0.803. The smallest absolute Gasteiger partial charge is 0.171 e. The molecule has 1 fully saturated rings. The molecule has 3 atom stereocenters. The number of nitrogens with one attached hydrogen (secondary N) is 2. The van der Waals surface area contributed by atoms with Crippen molar-refractivity contribution in [3.63, 3.8) is 0 Å². The summed E-state index contributed by atoms with van der Waals surface area (Å²) in [6.07, 6.45) is 3.72. The van der Waals surface area contributed by atoms with E-state index in [4.69, 9.17) is 12.2 Å². The average molecular weight is 280 g/mol. The summed E-state index contributed by atoms with van der Waals surface area (Å²) < 4.78 is 12.8. The molecule has 0 aromatic heterocycles. The van der Waals surface area contributed by atoms with Crippen molar-refractivity contribution in [1.82, 2.24) is 5.32 Å². The Labute approximate surface area is 119 Å². The van der Waals surface area contributed by atoms with Gasteiger partial charge in [-0.2, -0.15) is 0 Å². The van der Waals surface area contributed by atoms with Crippen molar-refractivity contribution in [3.8, 4) is 0 Å². The number of anilines is 1. The average Bonchev–Trinajstić information content (AvgIpc) is 2.38. The molecule has 0 heterocycles. The van der Waals surface area contributed by atoms with Crippen LogP contribution in [-0.2, 0) is 0 Å². The molecule has 0 amide bonds. The molecular formula is C15H21FN2S. The van der Waals surface area contributed by atoms with E-state index in [0.717, 1.165) is 18.0 Å². The second kappa shape index (κ2) is 6.33. The molecule has 1 aromatic carbocycles. The summed E-state index contributed by atoms with van der Waals surface area (Å²) in [6.45, 7) is 4.58. The van der Waals surface area contributed by atoms with E-state index in [2.05, 4.69) is 24.5 Å². The van der Waals surface area contributed by atoms with Crippen molar-refractivity contribution in [2.45, 2.75) is 39.2 Å². The number of halogens is 1. The Bertz CT molecular complexity index is 432. The zero-order chi connectivity index (χ0) is 13.8. The van der Waals surface area contributed by atoms with E-state index in [1.54, 1.807) is 12.1 Å². The summed E-state index contributed by atoms with van der Waals surface area (Å²) in [5, 5.41) is 7.12. The summed E-state index contributed by atoms with van der Waals surface area (Å²) >= 11 is 5.33. The third kappa shape index (κ3) is 3.90. The van der Waals surface area contributed by atoms with E-state index in [1.165, 1.54) is 25.0 Å². The van der Waals surface area contributed by atoms with Crippen LogP contribution in [0.3, 0.4) is 0 Å². The lowest BCUT2D eigenvalue weighted by molar-refractivity contribution is 0.225. The monoisotopic (exact) mass is 280 g/mol. The van der Waals surface area contributed by atoms with Gasteiger partial charge in [0.25, 0.3) is 0 Å². The van der Waals surface area contributed by atoms with Gasteiger partial charge >= 0.3 is 0 Å². The summed E-state index contributed by atoms with van der Waals surface area (Å²) in [5.74, 6) is 1.13. The molecule has 1 aliphatic carbocycles. The van der Waals surface area contributed by atoms with Crippen LogP contribution >= 0.6 is 12.2 Å². The molecule has 0 radical (unpaired) electrons. The molecule has 0 aliphatic heterocycles. The topological polar surface area (TPSA) is 24.1 Å².